The number of imidazole rings is 1. The lowest BCUT2D eigenvalue weighted by Crippen LogP contribution is -2.28. The Hall–Kier alpha value is -3.31. The second-order valence-electron chi connectivity index (χ2n) is 6.97. The van der Waals surface area contributed by atoms with Crippen LogP contribution in [0.2, 0.25) is 0 Å². The summed E-state index contributed by atoms with van der Waals surface area (Å²) in [6.07, 6.45) is 2.03. The highest BCUT2D eigenvalue weighted by atomic mass is 32.2. The number of nitrogens with zero attached hydrogens (tertiary/aromatic N) is 2. The number of hydrogen-bond donors (Lipinski definition) is 1. The van der Waals surface area contributed by atoms with Crippen molar-refractivity contribution in [3.8, 4) is 16.9 Å². The normalized spacial score (nSPS) is 11.8. The van der Waals surface area contributed by atoms with Gasteiger partial charge in [0.2, 0.25) is 5.91 Å². The van der Waals surface area contributed by atoms with Crippen molar-refractivity contribution in [2.24, 2.45) is 0 Å². The van der Waals surface area contributed by atoms with Crippen molar-refractivity contribution in [3.05, 3.63) is 103 Å². The van der Waals surface area contributed by atoms with Gasteiger partial charge in [0.1, 0.15) is 0 Å². The maximum absolute atomic E-state index is 12.6. The second kappa shape index (κ2) is 9.46. The lowest BCUT2D eigenvalue weighted by molar-refractivity contribution is -0.119. The Kier molecular flexibility index (Phi) is 6.30. The average Bonchev–Trinajstić information content (AvgIpc) is 3.24. The molecule has 1 amide bonds. The van der Waals surface area contributed by atoms with Crippen LogP contribution in [-0.2, 0) is 4.79 Å². The molecular weight excluding hydrogens is 390 g/mol. The molecule has 3 aromatic carbocycles. The van der Waals surface area contributed by atoms with Gasteiger partial charge in [-0.25, -0.2) is 4.98 Å². The Bertz CT molecular complexity index is 1100. The Labute approximate surface area is 181 Å². The molecule has 0 aliphatic rings. The van der Waals surface area contributed by atoms with E-state index < -0.39 is 0 Å². The van der Waals surface area contributed by atoms with Gasteiger partial charge in [-0.1, -0.05) is 90.6 Å². The van der Waals surface area contributed by atoms with E-state index in [1.54, 1.807) is 0 Å². The number of thioether (sulfide) groups is 1. The van der Waals surface area contributed by atoms with Gasteiger partial charge in [0.15, 0.2) is 5.16 Å². The highest BCUT2D eigenvalue weighted by molar-refractivity contribution is 7.99. The van der Waals surface area contributed by atoms with Gasteiger partial charge in [-0.05, 0) is 24.6 Å². The summed E-state index contributed by atoms with van der Waals surface area (Å²) in [5.74, 6) is 0.287. The van der Waals surface area contributed by atoms with Gasteiger partial charge in [-0.15, -0.1) is 0 Å². The molecule has 0 spiro atoms. The molecule has 150 valence electrons. The van der Waals surface area contributed by atoms with Gasteiger partial charge >= 0.3 is 0 Å². The lowest BCUT2D eigenvalue weighted by atomic mass is 10.1. The third-order valence-corrected chi connectivity index (χ3v) is 5.74. The number of carbonyl (C=O) groups excluding carboxylic acids is 1. The molecule has 1 aromatic heterocycles. The number of amides is 1. The topological polar surface area (TPSA) is 46.9 Å². The number of benzene rings is 3. The van der Waals surface area contributed by atoms with E-state index >= 15 is 0 Å². The number of hydrogen-bond acceptors (Lipinski definition) is 3. The highest BCUT2D eigenvalue weighted by Crippen LogP contribution is 2.27. The van der Waals surface area contributed by atoms with Crippen LogP contribution in [0.25, 0.3) is 16.9 Å². The molecule has 4 nitrogen and oxygen atoms in total. The Balaban J connectivity index is 1.51. The summed E-state index contributed by atoms with van der Waals surface area (Å²) in [5.41, 5.74) is 4.05. The van der Waals surface area contributed by atoms with Crippen molar-refractivity contribution in [3.63, 3.8) is 0 Å². The fraction of sp³-hybridized carbons (Fsp3) is 0.120. The van der Waals surface area contributed by atoms with Gasteiger partial charge in [0.25, 0.3) is 0 Å². The molecule has 1 N–H and O–H groups in total. The van der Waals surface area contributed by atoms with Crippen LogP contribution in [0.3, 0.4) is 0 Å². The SMILES string of the molecule is CC(NC(=O)CSc1nc(-c2ccccc2)cn1-c1ccccc1)c1ccccc1. The highest BCUT2D eigenvalue weighted by Gasteiger charge is 2.15. The number of nitrogens with one attached hydrogen (secondary N) is 1. The van der Waals surface area contributed by atoms with Crippen LogP contribution < -0.4 is 5.32 Å². The summed E-state index contributed by atoms with van der Waals surface area (Å²) in [5, 5.41) is 3.86. The van der Waals surface area contributed by atoms with E-state index in [1.165, 1.54) is 11.8 Å². The zero-order chi connectivity index (χ0) is 20.8. The van der Waals surface area contributed by atoms with Gasteiger partial charge in [-0.3, -0.25) is 9.36 Å². The van der Waals surface area contributed by atoms with Crippen molar-refractivity contribution >= 4 is 17.7 Å². The van der Waals surface area contributed by atoms with Crippen LogP contribution in [0.5, 0.6) is 0 Å². The summed E-state index contributed by atoms with van der Waals surface area (Å²) in [6, 6.07) is 30.1. The quantitative estimate of drug-likeness (QED) is 0.407. The molecule has 0 saturated carbocycles. The first kappa shape index (κ1) is 20.0. The van der Waals surface area contributed by atoms with E-state index in [9.17, 15) is 4.79 Å². The molecule has 1 heterocycles. The van der Waals surface area contributed by atoms with E-state index in [1.807, 2.05) is 109 Å². The maximum atomic E-state index is 12.6. The minimum Gasteiger partial charge on any atom is -0.349 e. The molecule has 30 heavy (non-hydrogen) atoms. The number of para-hydroxylation sites is 1. The van der Waals surface area contributed by atoms with Crippen LogP contribution in [0.1, 0.15) is 18.5 Å². The van der Waals surface area contributed by atoms with E-state index in [-0.39, 0.29) is 11.9 Å². The third kappa shape index (κ3) is 4.81. The van der Waals surface area contributed by atoms with E-state index in [2.05, 4.69) is 5.32 Å². The molecule has 1 atom stereocenters. The zero-order valence-corrected chi connectivity index (χ0v) is 17.5. The molecule has 1 unspecified atom stereocenters. The monoisotopic (exact) mass is 413 g/mol. The predicted octanol–water partition coefficient (Wildman–Crippen LogP) is 5.51. The Morgan fingerprint density at radius 2 is 1.53 bits per heavy atom. The smallest absolute Gasteiger partial charge is 0.230 e. The van der Waals surface area contributed by atoms with Crippen molar-refractivity contribution in [1.29, 1.82) is 0 Å². The van der Waals surface area contributed by atoms with Crippen LogP contribution in [0.4, 0.5) is 0 Å². The summed E-state index contributed by atoms with van der Waals surface area (Å²) in [4.78, 5) is 17.4. The summed E-state index contributed by atoms with van der Waals surface area (Å²) < 4.78 is 2.04. The Morgan fingerprint density at radius 1 is 0.933 bits per heavy atom. The van der Waals surface area contributed by atoms with Crippen LogP contribution >= 0.6 is 11.8 Å². The predicted molar refractivity (Wildman–Crippen MR) is 123 cm³/mol. The second-order valence-corrected chi connectivity index (χ2v) is 7.91. The van der Waals surface area contributed by atoms with E-state index in [4.69, 9.17) is 4.98 Å². The largest absolute Gasteiger partial charge is 0.349 e. The Morgan fingerprint density at radius 3 is 2.20 bits per heavy atom. The standard InChI is InChI=1S/C25H23N3OS/c1-19(20-11-5-2-6-12-20)26-24(29)18-30-25-27-23(21-13-7-3-8-14-21)17-28(25)22-15-9-4-10-16-22/h2-17,19H,18H2,1H3,(H,26,29). The zero-order valence-electron chi connectivity index (χ0n) is 16.7. The van der Waals surface area contributed by atoms with E-state index in [0.717, 1.165) is 27.7 Å². The molecule has 0 aliphatic heterocycles. The molecule has 0 aliphatic carbocycles. The third-order valence-electron chi connectivity index (χ3n) is 4.79. The van der Waals surface area contributed by atoms with Gasteiger partial charge in [0.05, 0.1) is 17.5 Å². The molecule has 0 saturated heterocycles. The number of rotatable bonds is 7. The van der Waals surface area contributed by atoms with Crippen molar-refractivity contribution < 1.29 is 4.79 Å². The minimum absolute atomic E-state index is 0.0137. The maximum Gasteiger partial charge on any atom is 0.230 e. The molecule has 5 heteroatoms. The van der Waals surface area contributed by atoms with Crippen LogP contribution in [0.15, 0.2) is 102 Å². The summed E-state index contributed by atoms with van der Waals surface area (Å²) >= 11 is 1.44. The first-order chi connectivity index (χ1) is 14.7. The number of carbonyl (C=O) groups is 1. The molecule has 0 bridgehead atoms. The van der Waals surface area contributed by atoms with Crippen molar-refractivity contribution in [1.82, 2.24) is 14.9 Å². The van der Waals surface area contributed by atoms with Gasteiger partial charge in [-0.2, -0.15) is 0 Å². The van der Waals surface area contributed by atoms with Crippen LogP contribution in [-0.4, -0.2) is 21.2 Å². The van der Waals surface area contributed by atoms with E-state index in [0.29, 0.717) is 5.75 Å². The first-order valence-corrected chi connectivity index (χ1v) is 10.9. The fourth-order valence-corrected chi connectivity index (χ4v) is 4.03. The minimum atomic E-state index is -0.0342. The molecule has 0 fully saturated rings. The molecular formula is C25H23N3OS. The average molecular weight is 414 g/mol. The lowest BCUT2D eigenvalue weighted by Gasteiger charge is -2.14. The van der Waals surface area contributed by atoms with Crippen LogP contribution in [0, 0.1) is 0 Å². The fourth-order valence-electron chi connectivity index (χ4n) is 3.22. The molecule has 4 rings (SSSR count). The summed E-state index contributed by atoms with van der Waals surface area (Å²) in [6.45, 7) is 2.00. The first-order valence-electron chi connectivity index (χ1n) is 9.88. The van der Waals surface area contributed by atoms with Gasteiger partial charge in [0, 0.05) is 17.4 Å². The molecule has 0 radical (unpaired) electrons. The number of aromatic nitrogens is 2. The van der Waals surface area contributed by atoms with Crippen molar-refractivity contribution in [2.75, 3.05) is 5.75 Å². The van der Waals surface area contributed by atoms with Crippen molar-refractivity contribution in [2.45, 2.75) is 18.1 Å². The summed E-state index contributed by atoms with van der Waals surface area (Å²) in [7, 11) is 0. The van der Waals surface area contributed by atoms with Gasteiger partial charge < -0.3 is 5.32 Å². The molecule has 4 aromatic rings.